The smallest absolute Gasteiger partial charge is 0.0133 e. The largest absolute Gasteiger partial charge is 0.327 e. The van der Waals surface area contributed by atoms with Gasteiger partial charge in [0.25, 0.3) is 0 Å². The van der Waals surface area contributed by atoms with Gasteiger partial charge in [-0.1, -0.05) is 6.92 Å². The van der Waals surface area contributed by atoms with Gasteiger partial charge in [-0.25, -0.2) is 0 Å². The van der Waals surface area contributed by atoms with Crippen LogP contribution < -0.4 is 16.4 Å². The third-order valence-electron chi connectivity index (χ3n) is 3.91. The summed E-state index contributed by atoms with van der Waals surface area (Å²) in [5.41, 5.74) is 6.82. The van der Waals surface area contributed by atoms with E-state index in [1.807, 2.05) is 0 Å². The molecule has 1 atom stereocenters. The number of nitrogens with two attached hydrogens (primary N) is 1. The van der Waals surface area contributed by atoms with E-state index >= 15 is 0 Å². The van der Waals surface area contributed by atoms with Crippen LogP contribution in [0.3, 0.4) is 0 Å². The summed E-state index contributed by atoms with van der Waals surface area (Å²) in [7, 11) is 0. The fourth-order valence-corrected chi connectivity index (χ4v) is 3.51. The molecule has 4 N–H and O–H groups in total. The molecule has 3 heteroatoms. The number of piperidine rings is 1. The summed E-state index contributed by atoms with van der Waals surface area (Å²) < 4.78 is 0. The van der Waals surface area contributed by atoms with Crippen molar-refractivity contribution in [3.63, 3.8) is 0 Å². The topological polar surface area (TPSA) is 50.1 Å². The van der Waals surface area contributed by atoms with Crippen molar-refractivity contribution in [1.29, 1.82) is 0 Å². The van der Waals surface area contributed by atoms with E-state index in [1.54, 1.807) is 0 Å². The molecular weight excluding hydrogens is 222 g/mol. The molecule has 0 aromatic heterocycles. The van der Waals surface area contributed by atoms with Gasteiger partial charge in [0.05, 0.1) is 0 Å². The molecule has 1 fully saturated rings. The van der Waals surface area contributed by atoms with E-state index in [0.29, 0.717) is 12.0 Å². The molecule has 1 unspecified atom stereocenters. The zero-order valence-corrected chi connectivity index (χ0v) is 13.0. The molecule has 0 aromatic rings. The number of hydrogen-bond acceptors (Lipinski definition) is 3. The van der Waals surface area contributed by atoms with Gasteiger partial charge in [0.15, 0.2) is 0 Å². The lowest BCUT2D eigenvalue weighted by Gasteiger charge is -2.48. The van der Waals surface area contributed by atoms with E-state index in [4.69, 9.17) is 5.73 Å². The van der Waals surface area contributed by atoms with Crippen LogP contribution in [0.5, 0.6) is 0 Å². The standard InChI is InChI=1S/C15H33N3/c1-6-8-17-9-7-13(16)12-10-14(2,3)18-15(4,5)11-12/h12-13,17-18H,6-11,16H2,1-5H3. The lowest BCUT2D eigenvalue weighted by atomic mass is 9.72. The van der Waals surface area contributed by atoms with E-state index in [0.717, 1.165) is 19.5 Å². The van der Waals surface area contributed by atoms with Crippen molar-refractivity contribution in [3.05, 3.63) is 0 Å². The van der Waals surface area contributed by atoms with Crippen molar-refractivity contribution >= 4 is 0 Å². The normalized spacial score (nSPS) is 25.0. The molecular formula is C15H33N3. The molecule has 0 aromatic carbocycles. The van der Waals surface area contributed by atoms with Gasteiger partial charge in [0.1, 0.15) is 0 Å². The van der Waals surface area contributed by atoms with Crippen molar-refractivity contribution in [2.45, 2.75) is 77.4 Å². The quantitative estimate of drug-likeness (QED) is 0.638. The summed E-state index contributed by atoms with van der Waals surface area (Å²) in [6.45, 7) is 13.5. The summed E-state index contributed by atoms with van der Waals surface area (Å²) in [6, 6.07) is 0.329. The highest BCUT2D eigenvalue weighted by Gasteiger charge is 2.39. The zero-order chi connectivity index (χ0) is 13.8. The lowest BCUT2D eigenvalue weighted by Crippen LogP contribution is -2.60. The van der Waals surface area contributed by atoms with Gasteiger partial charge in [0.2, 0.25) is 0 Å². The molecule has 1 rings (SSSR count). The predicted octanol–water partition coefficient (Wildman–Crippen LogP) is 2.26. The van der Waals surface area contributed by atoms with Crippen molar-refractivity contribution in [3.8, 4) is 0 Å². The minimum absolute atomic E-state index is 0.209. The first-order valence-electron chi connectivity index (χ1n) is 7.51. The summed E-state index contributed by atoms with van der Waals surface area (Å²) in [4.78, 5) is 0. The van der Waals surface area contributed by atoms with E-state index in [9.17, 15) is 0 Å². The number of hydrogen-bond donors (Lipinski definition) is 3. The second-order valence-corrected chi connectivity index (χ2v) is 7.26. The first kappa shape index (κ1) is 15.9. The third-order valence-corrected chi connectivity index (χ3v) is 3.91. The van der Waals surface area contributed by atoms with Crippen molar-refractivity contribution < 1.29 is 0 Å². The van der Waals surface area contributed by atoms with Gasteiger partial charge in [0, 0.05) is 17.1 Å². The Morgan fingerprint density at radius 1 is 1.17 bits per heavy atom. The monoisotopic (exact) mass is 255 g/mol. The fraction of sp³-hybridized carbons (Fsp3) is 1.00. The molecule has 1 heterocycles. The second kappa shape index (κ2) is 6.36. The predicted molar refractivity (Wildman–Crippen MR) is 79.8 cm³/mol. The molecule has 1 saturated heterocycles. The van der Waals surface area contributed by atoms with Gasteiger partial charge < -0.3 is 16.4 Å². The molecule has 0 amide bonds. The highest BCUT2D eigenvalue weighted by molar-refractivity contribution is 4.99. The van der Waals surface area contributed by atoms with Gasteiger partial charge in [-0.05, 0) is 72.4 Å². The van der Waals surface area contributed by atoms with E-state index in [1.165, 1.54) is 19.3 Å². The Kier molecular flexibility index (Phi) is 5.63. The van der Waals surface area contributed by atoms with Crippen LogP contribution in [0.4, 0.5) is 0 Å². The van der Waals surface area contributed by atoms with Crippen LogP contribution >= 0.6 is 0 Å². The molecule has 0 radical (unpaired) electrons. The SMILES string of the molecule is CCCNCCC(N)C1CC(C)(C)NC(C)(C)C1. The maximum atomic E-state index is 6.41. The number of rotatable bonds is 6. The Balaban J connectivity index is 2.44. The maximum absolute atomic E-state index is 6.41. The van der Waals surface area contributed by atoms with Crippen molar-refractivity contribution in [1.82, 2.24) is 10.6 Å². The molecule has 108 valence electrons. The molecule has 0 bridgehead atoms. The van der Waals surface area contributed by atoms with E-state index in [2.05, 4.69) is 45.3 Å². The Bertz CT molecular complexity index is 232. The Morgan fingerprint density at radius 3 is 2.22 bits per heavy atom. The van der Waals surface area contributed by atoms with Crippen LogP contribution in [-0.4, -0.2) is 30.2 Å². The average molecular weight is 255 g/mol. The molecule has 18 heavy (non-hydrogen) atoms. The lowest BCUT2D eigenvalue weighted by molar-refractivity contribution is 0.111. The molecule has 1 aliphatic rings. The minimum atomic E-state index is 0.209. The first-order valence-corrected chi connectivity index (χ1v) is 7.51. The van der Waals surface area contributed by atoms with Crippen LogP contribution in [0.25, 0.3) is 0 Å². The summed E-state index contributed by atoms with van der Waals surface area (Å²) in [5, 5.41) is 7.17. The van der Waals surface area contributed by atoms with Crippen LogP contribution in [0.2, 0.25) is 0 Å². The van der Waals surface area contributed by atoms with E-state index < -0.39 is 0 Å². The Hall–Kier alpha value is -0.120. The molecule has 0 spiro atoms. The van der Waals surface area contributed by atoms with Gasteiger partial charge in [-0.2, -0.15) is 0 Å². The third kappa shape index (κ3) is 5.25. The van der Waals surface area contributed by atoms with Crippen LogP contribution in [-0.2, 0) is 0 Å². The highest BCUT2D eigenvalue weighted by Crippen LogP contribution is 2.34. The average Bonchev–Trinajstić information content (AvgIpc) is 2.19. The van der Waals surface area contributed by atoms with Gasteiger partial charge >= 0.3 is 0 Å². The summed E-state index contributed by atoms with van der Waals surface area (Å²) >= 11 is 0. The summed E-state index contributed by atoms with van der Waals surface area (Å²) in [6.07, 6.45) is 4.66. The highest BCUT2D eigenvalue weighted by atomic mass is 15.1. The Morgan fingerprint density at radius 2 is 1.72 bits per heavy atom. The zero-order valence-electron chi connectivity index (χ0n) is 13.0. The van der Waals surface area contributed by atoms with Crippen LogP contribution in [0.1, 0.15) is 60.3 Å². The maximum Gasteiger partial charge on any atom is 0.0133 e. The van der Waals surface area contributed by atoms with Crippen molar-refractivity contribution in [2.24, 2.45) is 11.7 Å². The van der Waals surface area contributed by atoms with Crippen LogP contribution in [0, 0.1) is 5.92 Å². The molecule has 3 nitrogen and oxygen atoms in total. The Labute approximate surface area is 113 Å². The van der Waals surface area contributed by atoms with Crippen LogP contribution in [0.15, 0.2) is 0 Å². The summed E-state index contributed by atoms with van der Waals surface area (Å²) in [5.74, 6) is 0.639. The minimum Gasteiger partial charge on any atom is -0.327 e. The second-order valence-electron chi connectivity index (χ2n) is 7.26. The molecule has 0 saturated carbocycles. The van der Waals surface area contributed by atoms with Crippen molar-refractivity contribution in [2.75, 3.05) is 13.1 Å². The fourth-order valence-electron chi connectivity index (χ4n) is 3.51. The number of nitrogens with one attached hydrogen (secondary N) is 2. The van der Waals surface area contributed by atoms with E-state index in [-0.39, 0.29) is 11.1 Å². The molecule has 1 aliphatic heterocycles. The first-order chi connectivity index (χ1) is 8.26. The molecule has 0 aliphatic carbocycles. The van der Waals surface area contributed by atoms with Gasteiger partial charge in [-0.3, -0.25) is 0 Å². The van der Waals surface area contributed by atoms with Gasteiger partial charge in [-0.15, -0.1) is 0 Å².